The van der Waals surface area contributed by atoms with Gasteiger partial charge in [-0.3, -0.25) is 4.57 Å². The minimum Gasteiger partial charge on any atom is -0.278 e. The second-order valence-corrected chi connectivity index (χ2v) is 6.22. The highest BCUT2D eigenvalue weighted by Crippen LogP contribution is 2.31. The van der Waals surface area contributed by atoms with Crippen LogP contribution in [-0.4, -0.2) is 14.8 Å². The Kier molecular flexibility index (Phi) is 4.42. The molecule has 2 aromatic carbocycles. The number of benzene rings is 2. The van der Waals surface area contributed by atoms with E-state index in [1.807, 2.05) is 53.1 Å². The Hall–Kier alpha value is -1.17. The van der Waals surface area contributed by atoms with Crippen molar-refractivity contribution in [3.63, 3.8) is 0 Å². The van der Waals surface area contributed by atoms with Gasteiger partial charge in [0.1, 0.15) is 5.82 Å². The van der Waals surface area contributed by atoms with Crippen LogP contribution >= 0.6 is 43.5 Å². The number of hydrogen-bond acceptors (Lipinski definition) is 2. The van der Waals surface area contributed by atoms with Gasteiger partial charge in [-0.25, -0.2) is 0 Å². The van der Waals surface area contributed by atoms with Crippen molar-refractivity contribution in [2.75, 3.05) is 0 Å². The molecule has 0 aliphatic carbocycles. The van der Waals surface area contributed by atoms with Crippen LogP contribution in [0.2, 0.25) is 5.02 Å². The molecule has 21 heavy (non-hydrogen) atoms. The standard InChI is InChI=1S/C15H10Br2ClN3/c16-9-14-19-20-15(12-7-6-10(18)8-13(12)17)21(14)11-4-2-1-3-5-11/h1-8H,9H2. The molecule has 3 nitrogen and oxygen atoms in total. The summed E-state index contributed by atoms with van der Waals surface area (Å²) in [4.78, 5) is 0. The summed E-state index contributed by atoms with van der Waals surface area (Å²) in [5, 5.41) is 9.90. The Balaban J connectivity index is 2.22. The van der Waals surface area contributed by atoms with Crippen molar-refractivity contribution in [3.05, 3.63) is 63.9 Å². The molecular formula is C15H10Br2ClN3. The second kappa shape index (κ2) is 6.30. The van der Waals surface area contributed by atoms with Gasteiger partial charge in [0.2, 0.25) is 0 Å². The van der Waals surface area contributed by atoms with Crippen LogP contribution in [0.15, 0.2) is 53.0 Å². The zero-order valence-corrected chi connectivity index (χ0v) is 14.7. The van der Waals surface area contributed by atoms with E-state index in [1.165, 1.54) is 0 Å². The molecule has 0 N–H and O–H groups in total. The molecule has 0 spiro atoms. The van der Waals surface area contributed by atoms with Crippen LogP contribution in [0.1, 0.15) is 5.82 Å². The maximum absolute atomic E-state index is 6.01. The minimum absolute atomic E-state index is 0.625. The summed E-state index contributed by atoms with van der Waals surface area (Å²) in [5.41, 5.74) is 1.97. The summed E-state index contributed by atoms with van der Waals surface area (Å²) in [6, 6.07) is 15.7. The van der Waals surface area contributed by atoms with Gasteiger partial charge in [0.25, 0.3) is 0 Å². The first kappa shape index (κ1) is 14.8. The van der Waals surface area contributed by atoms with E-state index in [0.29, 0.717) is 10.4 Å². The van der Waals surface area contributed by atoms with Gasteiger partial charge in [-0.1, -0.05) is 45.7 Å². The van der Waals surface area contributed by atoms with E-state index in [1.54, 1.807) is 0 Å². The number of hydrogen-bond donors (Lipinski definition) is 0. The highest BCUT2D eigenvalue weighted by atomic mass is 79.9. The average molecular weight is 428 g/mol. The maximum Gasteiger partial charge on any atom is 0.169 e. The van der Waals surface area contributed by atoms with E-state index < -0.39 is 0 Å². The van der Waals surface area contributed by atoms with Crippen LogP contribution in [-0.2, 0) is 5.33 Å². The molecule has 1 heterocycles. The third kappa shape index (κ3) is 2.91. The summed E-state index contributed by atoms with van der Waals surface area (Å²) in [5.74, 6) is 1.62. The minimum atomic E-state index is 0.625. The van der Waals surface area contributed by atoms with Crippen molar-refractivity contribution < 1.29 is 0 Å². The van der Waals surface area contributed by atoms with E-state index >= 15 is 0 Å². The smallest absolute Gasteiger partial charge is 0.169 e. The van der Waals surface area contributed by atoms with Gasteiger partial charge in [0.05, 0.1) is 5.33 Å². The molecule has 0 unspecified atom stereocenters. The number of alkyl halides is 1. The molecule has 106 valence electrons. The van der Waals surface area contributed by atoms with Crippen molar-refractivity contribution in [1.29, 1.82) is 0 Å². The molecular weight excluding hydrogens is 417 g/mol. The van der Waals surface area contributed by atoms with Crippen LogP contribution in [0, 0.1) is 0 Å². The highest BCUT2D eigenvalue weighted by Gasteiger charge is 2.16. The van der Waals surface area contributed by atoms with Gasteiger partial charge >= 0.3 is 0 Å². The third-order valence-corrected chi connectivity index (χ3v) is 4.43. The molecule has 0 saturated heterocycles. The van der Waals surface area contributed by atoms with Gasteiger partial charge in [0, 0.05) is 20.7 Å². The molecule has 0 aliphatic rings. The van der Waals surface area contributed by atoms with E-state index in [0.717, 1.165) is 27.4 Å². The predicted octanol–water partition coefficient (Wildman–Crippen LogP) is 5.25. The second-order valence-electron chi connectivity index (χ2n) is 4.37. The number of halogens is 3. The molecule has 6 heteroatoms. The Morgan fingerprint density at radius 1 is 1.05 bits per heavy atom. The molecule has 0 atom stereocenters. The lowest BCUT2D eigenvalue weighted by molar-refractivity contribution is 0.962. The fraction of sp³-hybridized carbons (Fsp3) is 0.0667. The first-order valence-electron chi connectivity index (χ1n) is 6.22. The van der Waals surface area contributed by atoms with Crippen molar-refractivity contribution in [2.24, 2.45) is 0 Å². The Morgan fingerprint density at radius 3 is 2.48 bits per heavy atom. The van der Waals surface area contributed by atoms with E-state index in [4.69, 9.17) is 11.6 Å². The topological polar surface area (TPSA) is 30.7 Å². The van der Waals surface area contributed by atoms with Crippen LogP contribution in [0.25, 0.3) is 17.1 Å². The summed E-state index contributed by atoms with van der Waals surface area (Å²) in [7, 11) is 0. The van der Waals surface area contributed by atoms with Gasteiger partial charge in [-0.05, 0) is 46.3 Å². The van der Waals surface area contributed by atoms with E-state index in [2.05, 4.69) is 42.1 Å². The van der Waals surface area contributed by atoms with Crippen molar-refractivity contribution in [2.45, 2.75) is 5.33 Å². The fourth-order valence-corrected chi connectivity index (χ4v) is 3.32. The van der Waals surface area contributed by atoms with Crippen LogP contribution in [0.3, 0.4) is 0 Å². The summed E-state index contributed by atoms with van der Waals surface area (Å²) in [6.07, 6.45) is 0. The molecule has 3 aromatic rings. The van der Waals surface area contributed by atoms with Crippen LogP contribution < -0.4 is 0 Å². The lowest BCUT2D eigenvalue weighted by Gasteiger charge is -2.10. The monoisotopic (exact) mass is 425 g/mol. The van der Waals surface area contributed by atoms with Gasteiger partial charge in [-0.2, -0.15) is 0 Å². The van der Waals surface area contributed by atoms with Crippen molar-refractivity contribution >= 4 is 43.5 Å². The quantitative estimate of drug-likeness (QED) is 0.535. The third-order valence-electron chi connectivity index (χ3n) is 3.04. The maximum atomic E-state index is 6.01. The molecule has 0 amide bonds. The number of rotatable bonds is 3. The van der Waals surface area contributed by atoms with Crippen molar-refractivity contribution in [3.8, 4) is 17.1 Å². The highest BCUT2D eigenvalue weighted by molar-refractivity contribution is 9.10. The Bertz CT molecular complexity index is 772. The lowest BCUT2D eigenvalue weighted by atomic mass is 10.2. The van der Waals surface area contributed by atoms with Gasteiger partial charge in [0.15, 0.2) is 5.82 Å². The van der Waals surface area contributed by atoms with Gasteiger partial charge < -0.3 is 0 Å². The Morgan fingerprint density at radius 2 is 1.81 bits per heavy atom. The first-order valence-corrected chi connectivity index (χ1v) is 8.51. The van der Waals surface area contributed by atoms with Crippen LogP contribution in [0.5, 0.6) is 0 Å². The van der Waals surface area contributed by atoms with Crippen molar-refractivity contribution in [1.82, 2.24) is 14.8 Å². The zero-order chi connectivity index (χ0) is 14.8. The normalized spacial score (nSPS) is 10.8. The average Bonchev–Trinajstić information content (AvgIpc) is 2.92. The number of para-hydroxylation sites is 1. The molecule has 0 bridgehead atoms. The number of nitrogens with zero attached hydrogens (tertiary/aromatic N) is 3. The van der Waals surface area contributed by atoms with Gasteiger partial charge in [-0.15, -0.1) is 10.2 Å². The zero-order valence-electron chi connectivity index (χ0n) is 10.8. The summed E-state index contributed by atoms with van der Waals surface area (Å²) in [6.45, 7) is 0. The van der Waals surface area contributed by atoms with E-state index in [-0.39, 0.29) is 0 Å². The molecule has 0 fully saturated rings. The summed E-state index contributed by atoms with van der Waals surface area (Å²) >= 11 is 13.0. The fourth-order valence-electron chi connectivity index (χ4n) is 2.10. The number of aromatic nitrogens is 3. The van der Waals surface area contributed by atoms with E-state index in [9.17, 15) is 0 Å². The molecule has 0 radical (unpaired) electrons. The molecule has 3 rings (SSSR count). The molecule has 0 aliphatic heterocycles. The Labute approximate surface area is 144 Å². The first-order chi connectivity index (χ1) is 10.2. The van der Waals surface area contributed by atoms with Crippen LogP contribution in [0.4, 0.5) is 0 Å². The largest absolute Gasteiger partial charge is 0.278 e. The SMILES string of the molecule is Clc1ccc(-c2nnc(CBr)n2-c2ccccc2)c(Br)c1. The predicted molar refractivity (Wildman–Crippen MR) is 92.1 cm³/mol. The molecule has 0 saturated carbocycles. The molecule has 1 aromatic heterocycles. The lowest BCUT2D eigenvalue weighted by Crippen LogP contribution is -2.01. The summed E-state index contributed by atoms with van der Waals surface area (Å²) < 4.78 is 2.92.